The first-order chi connectivity index (χ1) is 12.7. The van der Waals surface area contributed by atoms with Gasteiger partial charge in [0.05, 0.1) is 7.11 Å². The highest BCUT2D eigenvalue weighted by molar-refractivity contribution is 5.43. The van der Waals surface area contributed by atoms with Crippen molar-refractivity contribution in [2.75, 3.05) is 7.11 Å². The highest BCUT2D eigenvalue weighted by atomic mass is 19.1. The molecule has 3 aromatic rings. The summed E-state index contributed by atoms with van der Waals surface area (Å²) in [5.41, 5.74) is 3.27. The molecule has 0 aliphatic carbocycles. The number of hydrogen-bond acceptors (Lipinski definition) is 3. The summed E-state index contributed by atoms with van der Waals surface area (Å²) in [5, 5.41) is 3.42. The smallest absolute Gasteiger partial charge is 0.161 e. The number of methoxy groups -OCH3 is 1. The van der Waals surface area contributed by atoms with Gasteiger partial charge < -0.3 is 14.8 Å². The van der Waals surface area contributed by atoms with Gasteiger partial charge in [0.2, 0.25) is 0 Å². The summed E-state index contributed by atoms with van der Waals surface area (Å²) in [5.74, 6) is 1.11. The van der Waals surface area contributed by atoms with Gasteiger partial charge in [0.15, 0.2) is 11.5 Å². The van der Waals surface area contributed by atoms with Gasteiger partial charge in [-0.15, -0.1) is 0 Å². The number of rotatable bonds is 8. The Kier molecular flexibility index (Phi) is 6.23. The van der Waals surface area contributed by atoms with E-state index in [-0.39, 0.29) is 5.82 Å². The number of halogens is 1. The van der Waals surface area contributed by atoms with Gasteiger partial charge in [0, 0.05) is 13.1 Å². The van der Waals surface area contributed by atoms with Crippen LogP contribution in [0, 0.1) is 5.82 Å². The lowest BCUT2D eigenvalue weighted by Crippen LogP contribution is -2.12. The predicted octanol–water partition coefficient (Wildman–Crippen LogP) is 4.70. The summed E-state index contributed by atoms with van der Waals surface area (Å²) < 4.78 is 24.2. The molecule has 0 aromatic heterocycles. The molecule has 3 nitrogen and oxygen atoms in total. The largest absolute Gasteiger partial charge is 0.493 e. The maximum Gasteiger partial charge on any atom is 0.161 e. The maximum atomic E-state index is 13.0. The van der Waals surface area contributed by atoms with Crippen LogP contribution in [-0.2, 0) is 19.7 Å². The first-order valence-corrected chi connectivity index (χ1v) is 8.53. The summed E-state index contributed by atoms with van der Waals surface area (Å²) in [7, 11) is 1.63. The first-order valence-electron chi connectivity index (χ1n) is 8.53. The molecule has 0 atom stereocenters. The van der Waals surface area contributed by atoms with E-state index in [0.717, 1.165) is 24.2 Å². The molecule has 1 N–H and O–H groups in total. The molecule has 134 valence electrons. The summed E-state index contributed by atoms with van der Waals surface area (Å²) in [6.45, 7) is 1.91. The van der Waals surface area contributed by atoms with Crippen molar-refractivity contribution in [2.24, 2.45) is 0 Å². The van der Waals surface area contributed by atoms with Crippen LogP contribution in [0.25, 0.3) is 0 Å². The zero-order valence-corrected chi connectivity index (χ0v) is 14.7. The van der Waals surface area contributed by atoms with E-state index in [0.29, 0.717) is 18.1 Å². The molecular weight excluding hydrogens is 329 g/mol. The molecule has 0 heterocycles. The van der Waals surface area contributed by atoms with Crippen molar-refractivity contribution in [3.8, 4) is 11.5 Å². The fourth-order valence-corrected chi connectivity index (χ4v) is 2.63. The summed E-state index contributed by atoms with van der Waals surface area (Å²) in [4.78, 5) is 0. The third kappa shape index (κ3) is 5.07. The highest BCUT2D eigenvalue weighted by Gasteiger charge is 2.06. The van der Waals surface area contributed by atoms with Crippen LogP contribution >= 0.6 is 0 Å². The van der Waals surface area contributed by atoms with Crippen LogP contribution in [-0.4, -0.2) is 7.11 Å². The van der Waals surface area contributed by atoms with E-state index < -0.39 is 0 Å². The Bertz CT molecular complexity index is 819. The van der Waals surface area contributed by atoms with Crippen molar-refractivity contribution in [3.63, 3.8) is 0 Å². The fraction of sp³-hybridized carbons (Fsp3) is 0.182. The van der Waals surface area contributed by atoms with Crippen LogP contribution in [0.4, 0.5) is 4.39 Å². The fourth-order valence-electron chi connectivity index (χ4n) is 2.63. The minimum atomic E-state index is -0.251. The molecule has 0 unspecified atom stereocenters. The van der Waals surface area contributed by atoms with Crippen molar-refractivity contribution in [3.05, 3.63) is 95.3 Å². The van der Waals surface area contributed by atoms with Crippen molar-refractivity contribution in [1.82, 2.24) is 5.32 Å². The van der Waals surface area contributed by atoms with E-state index in [1.807, 2.05) is 36.4 Å². The Balaban J connectivity index is 1.57. The van der Waals surface area contributed by atoms with E-state index in [1.165, 1.54) is 17.7 Å². The van der Waals surface area contributed by atoms with E-state index in [2.05, 4.69) is 17.4 Å². The topological polar surface area (TPSA) is 30.5 Å². The molecular formula is C22H22FNO2. The zero-order chi connectivity index (χ0) is 18.2. The van der Waals surface area contributed by atoms with Crippen molar-refractivity contribution >= 4 is 0 Å². The molecule has 3 rings (SSSR count). The molecule has 26 heavy (non-hydrogen) atoms. The predicted molar refractivity (Wildman–Crippen MR) is 101 cm³/mol. The number of hydrogen-bond donors (Lipinski definition) is 1. The average molecular weight is 351 g/mol. The lowest BCUT2D eigenvalue weighted by Gasteiger charge is -2.13. The van der Waals surface area contributed by atoms with Gasteiger partial charge in [0.25, 0.3) is 0 Å². The van der Waals surface area contributed by atoms with E-state index >= 15 is 0 Å². The molecule has 0 aliphatic rings. The second-order valence-corrected chi connectivity index (χ2v) is 5.99. The van der Waals surface area contributed by atoms with Crippen LogP contribution in [0.3, 0.4) is 0 Å². The normalized spacial score (nSPS) is 10.5. The Morgan fingerprint density at radius 2 is 1.46 bits per heavy atom. The monoisotopic (exact) mass is 351 g/mol. The second kappa shape index (κ2) is 9.02. The number of benzene rings is 3. The highest BCUT2D eigenvalue weighted by Crippen LogP contribution is 2.29. The standard InChI is InChI=1S/C22H22FNO2/c1-25-22-13-19(15-24-14-17-5-3-2-4-6-17)9-12-21(22)26-16-18-7-10-20(23)11-8-18/h2-13,24H,14-16H2,1H3. The van der Waals surface area contributed by atoms with Crippen LogP contribution in [0.5, 0.6) is 11.5 Å². The lowest BCUT2D eigenvalue weighted by molar-refractivity contribution is 0.284. The quantitative estimate of drug-likeness (QED) is 0.638. The van der Waals surface area contributed by atoms with Crippen LogP contribution in [0.2, 0.25) is 0 Å². The minimum absolute atomic E-state index is 0.251. The number of nitrogens with one attached hydrogen (secondary N) is 1. The lowest BCUT2D eigenvalue weighted by atomic mass is 10.2. The van der Waals surface area contributed by atoms with E-state index in [9.17, 15) is 4.39 Å². The molecule has 0 amide bonds. The Labute approximate surface area is 153 Å². The summed E-state index contributed by atoms with van der Waals surface area (Å²) in [6, 6.07) is 22.4. The van der Waals surface area contributed by atoms with Crippen LogP contribution in [0.1, 0.15) is 16.7 Å². The molecule has 0 fully saturated rings. The van der Waals surface area contributed by atoms with Gasteiger partial charge in [-0.1, -0.05) is 48.5 Å². The number of ether oxygens (including phenoxy) is 2. The molecule has 0 saturated carbocycles. The zero-order valence-electron chi connectivity index (χ0n) is 14.7. The Morgan fingerprint density at radius 1 is 0.769 bits per heavy atom. The van der Waals surface area contributed by atoms with E-state index in [4.69, 9.17) is 9.47 Å². The van der Waals surface area contributed by atoms with Gasteiger partial charge in [-0.05, 0) is 41.0 Å². The summed E-state index contributed by atoms with van der Waals surface area (Å²) in [6.07, 6.45) is 0. The maximum absolute atomic E-state index is 13.0. The van der Waals surface area contributed by atoms with Crippen molar-refractivity contribution < 1.29 is 13.9 Å². The molecule has 0 saturated heterocycles. The Hall–Kier alpha value is -2.85. The molecule has 4 heteroatoms. The first kappa shape index (κ1) is 18.0. The molecule has 0 bridgehead atoms. The van der Waals surface area contributed by atoms with Crippen molar-refractivity contribution in [1.29, 1.82) is 0 Å². The molecule has 0 radical (unpaired) electrons. The minimum Gasteiger partial charge on any atom is -0.493 e. The molecule has 0 spiro atoms. The van der Waals surface area contributed by atoms with E-state index in [1.54, 1.807) is 19.2 Å². The third-order valence-corrected chi connectivity index (χ3v) is 4.04. The van der Waals surface area contributed by atoms with Gasteiger partial charge in [-0.25, -0.2) is 4.39 Å². The van der Waals surface area contributed by atoms with Gasteiger partial charge in [-0.2, -0.15) is 0 Å². The van der Waals surface area contributed by atoms with Gasteiger partial charge in [-0.3, -0.25) is 0 Å². The van der Waals surface area contributed by atoms with Crippen molar-refractivity contribution in [2.45, 2.75) is 19.7 Å². The molecule has 0 aliphatic heterocycles. The van der Waals surface area contributed by atoms with Gasteiger partial charge >= 0.3 is 0 Å². The average Bonchev–Trinajstić information content (AvgIpc) is 2.69. The third-order valence-electron chi connectivity index (χ3n) is 4.04. The summed E-state index contributed by atoms with van der Waals surface area (Å²) >= 11 is 0. The Morgan fingerprint density at radius 3 is 2.19 bits per heavy atom. The van der Waals surface area contributed by atoms with Gasteiger partial charge in [0.1, 0.15) is 12.4 Å². The SMILES string of the molecule is COc1cc(CNCc2ccccc2)ccc1OCc1ccc(F)cc1. The second-order valence-electron chi connectivity index (χ2n) is 5.99. The molecule has 3 aromatic carbocycles. The van der Waals surface area contributed by atoms with Crippen LogP contribution in [0.15, 0.2) is 72.8 Å². The van der Waals surface area contributed by atoms with Crippen LogP contribution < -0.4 is 14.8 Å².